The Bertz CT molecular complexity index is 365. The Morgan fingerprint density at radius 2 is 1.92 bits per heavy atom. The van der Waals surface area contributed by atoms with Gasteiger partial charge in [0.25, 0.3) is 0 Å². The first-order valence-electron chi connectivity index (χ1n) is 4.13. The molecule has 0 aliphatic heterocycles. The highest BCUT2D eigenvalue weighted by Crippen LogP contribution is 2.15. The van der Waals surface area contributed by atoms with E-state index in [2.05, 4.69) is 0 Å². The smallest absolute Gasteiger partial charge is 0.160 e. The van der Waals surface area contributed by atoms with E-state index in [0.717, 1.165) is 17.4 Å². The van der Waals surface area contributed by atoms with Gasteiger partial charge in [-0.25, -0.2) is 0 Å². The van der Waals surface area contributed by atoms with Crippen molar-refractivity contribution in [2.24, 2.45) is 0 Å². The minimum Gasteiger partial charge on any atom is -0.298 e. The molecular formula is C11H12O2. The number of hydrogen-bond donors (Lipinski definition) is 0. The SMILES string of the molecule is CC(=O)c1cc(C)cc(C)c1C=O. The third-order valence-corrected chi connectivity index (χ3v) is 2.03. The lowest BCUT2D eigenvalue weighted by Gasteiger charge is -2.05. The first-order chi connectivity index (χ1) is 6.06. The van der Waals surface area contributed by atoms with Crippen LogP contribution in [0.4, 0.5) is 0 Å². The molecule has 0 bridgehead atoms. The van der Waals surface area contributed by atoms with Gasteiger partial charge in [0.1, 0.15) is 0 Å². The van der Waals surface area contributed by atoms with Crippen LogP contribution < -0.4 is 0 Å². The maximum atomic E-state index is 11.2. The van der Waals surface area contributed by atoms with Gasteiger partial charge in [0.05, 0.1) is 0 Å². The van der Waals surface area contributed by atoms with Crippen LogP contribution in [0.1, 0.15) is 38.8 Å². The van der Waals surface area contributed by atoms with E-state index in [1.54, 1.807) is 6.07 Å². The molecule has 0 aliphatic carbocycles. The lowest BCUT2D eigenvalue weighted by Crippen LogP contribution is -2.01. The minimum atomic E-state index is -0.0612. The minimum absolute atomic E-state index is 0.0612. The molecule has 0 heterocycles. The summed E-state index contributed by atoms with van der Waals surface area (Å²) in [4.78, 5) is 21.9. The van der Waals surface area contributed by atoms with Crippen LogP contribution in [0.3, 0.4) is 0 Å². The highest BCUT2D eigenvalue weighted by molar-refractivity contribution is 6.02. The summed E-state index contributed by atoms with van der Waals surface area (Å²) in [7, 11) is 0. The van der Waals surface area contributed by atoms with E-state index in [1.165, 1.54) is 6.92 Å². The van der Waals surface area contributed by atoms with Gasteiger partial charge >= 0.3 is 0 Å². The lowest BCUT2D eigenvalue weighted by atomic mass is 9.98. The highest BCUT2D eigenvalue weighted by atomic mass is 16.1. The molecule has 2 nitrogen and oxygen atoms in total. The van der Waals surface area contributed by atoms with Gasteiger partial charge in [0.15, 0.2) is 12.1 Å². The van der Waals surface area contributed by atoms with Gasteiger partial charge in [-0.1, -0.05) is 11.6 Å². The van der Waals surface area contributed by atoms with Gasteiger partial charge in [-0.05, 0) is 32.4 Å². The number of carbonyl (C=O) groups excluding carboxylic acids is 2. The number of rotatable bonds is 2. The topological polar surface area (TPSA) is 34.1 Å². The molecule has 0 aliphatic rings. The van der Waals surface area contributed by atoms with E-state index < -0.39 is 0 Å². The van der Waals surface area contributed by atoms with E-state index in [0.29, 0.717) is 11.1 Å². The summed E-state index contributed by atoms with van der Waals surface area (Å²) in [5, 5.41) is 0. The standard InChI is InChI=1S/C11H12O2/c1-7-4-8(2)11(6-12)10(5-7)9(3)13/h4-6H,1-3H3. The van der Waals surface area contributed by atoms with E-state index in [9.17, 15) is 9.59 Å². The summed E-state index contributed by atoms with van der Waals surface area (Å²) in [6.07, 6.45) is 0.742. The highest BCUT2D eigenvalue weighted by Gasteiger charge is 2.09. The number of ketones is 1. The van der Waals surface area contributed by atoms with Crippen LogP contribution in [0.25, 0.3) is 0 Å². The summed E-state index contributed by atoms with van der Waals surface area (Å²) in [6.45, 7) is 5.22. The molecule has 1 rings (SSSR count). The number of benzene rings is 1. The Morgan fingerprint density at radius 1 is 1.31 bits per heavy atom. The molecule has 2 heteroatoms. The Labute approximate surface area is 77.6 Å². The predicted octanol–water partition coefficient (Wildman–Crippen LogP) is 2.32. The Morgan fingerprint density at radius 3 is 2.38 bits per heavy atom. The van der Waals surface area contributed by atoms with Gasteiger partial charge in [-0.2, -0.15) is 0 Å². The number of carbonyl (C=O) groups is 2. The molecule has 0 saturated heterocycles. The molecule has 0 radical (unpaired) electrons. The second kappa shape index (κ2) is 3.52. The molecular weight excluding hydrogens is 164 g/mol. The van der Waals surface area contributed by atoms with E-state index in [-0.39, 0.29) is 5.78 Å². The molecule has 1 aromatic carbocycles. The van der Waals surface area contributed by atoms with E-state index in [1.807, 2.05) is 19.9 Å². The van der Waals surface area contributed by atoms with Crippen molar-refractivity contribution in [3.05, 3.63) is 34.4 Å². The van der Waals surface area contributed by atoms with Crippen molar-refractivity contribution >= 4 is 12.1 Å². The fourth-order valence-electron chi connectivity index (χ4n) is 1.43. The first-order valence-corrected chi connectivity index (χ1v) is 4.13. The van der Waals surface area contributed by atoms with Crippen LogP contribution in [0.15, 0.2) is 12.1 Å². The summed E-state index contributed by atoms with van der Waals surface area (Å²) in [5.74, 6) is -0.0612. The zero-order valence-corrected chi connectivity index (χ0v) is 8.05. The second-order valence-electron chi connectivity index (χ2n) is 3.22. The van der Waals surface area contributed by atoms with Crippen molar-refractivity contribution in [2.75, 3.05) is 0 Å². The van der Waals surface area contributed by atoms with Gasteiger partial charge < -0.3 is 0 Å². The van der Waals surface area contributed by atoms with E-state index in [4.69, 9.17) is 0 Å². The van der Waals surface area contributed by atoms with Crippen molar-refractivity contribution in [1.82, 2.24) is 0 Å². The maximum Gasteiger partial charge on any atom is 0.160 e. The molecule has 1 aromatic rings. The quantitative estimate of drug-likeness (QED) is 0.512. The molecule has 0 fully saturated rings. The van der Waals surface area contributed by atoms with Crippen LogP contribution >= 0.6 is 0 Å². The van der Waals surface area contributed by atoms with Gasteiger partial charge in [0.2, 0.25) is 0 Å². The summed E-state index contributed by atoms with van der Waals surface area (Å²) in [6, 6.07) is 3.65. The summed E-state index contributed by atoms with van der Waals surface area (Å²) in [5.41, 5.74) is 2.90. The number of hydrogen-bond acceptors (Lipinski definition) is 2. The third-order valence-electron chi connectivity index (χ3n) is 2.03. The maximum absolute atomic E-state index is 11.2. The number of aryl methyl sites for hydroxylation is 2. The average molecular weight is 176 g/mol. The molecule has 0 amide bonds. The van der Waals surface area contributed by atoms with E-state index >= 15 is 0 Å². The first kappa shape index (κ1) is 9.65. The van der Waals surface area contributed by atoms with Gasteiger partial charge in [-0.15, -0.1) is 0 Å². The molecule has 68 valence electrons. The molecule has 0 aromatic heterocycles. The van der Waals surface area contributed by atoms with Crippen LogP contribution in [0.2, 0.25) is 0 Å². The van der Waals surface area contributed by atoms with Crippen LogP contribution in [-0.4, -0.2) is 12.1 Å². The second-order valence-corrected chi connectivity index (χ2v) is 3.22. The fourth-order valence-corrected chi connectivity index (χ4v) is 1.43. The Balaban J connectivity index is 3.46. The third kappa shape index (κ3) is 1.83. The zero-order valence-electron chi connectivity index (χ0n) is 8.05. The molecule has 0 unspecified atom stereocenters. The average Bonchev–Trinajstić information content (AvgIpc) is 2.02. The molecule has 13 heavy (non-hydrogen) atoms. The number of aldehydes is 1. The normalized spacial score (nSPS) is 9.77. The monoisotopic (exact) mass is 176 g/mol. The van der Waals surface area contributed by atoms with Crippen LogP contribution in [0.5, 0.6) is 0 Å². The van der Waals surface area contributed by atoms with Crippen molar-refractivity contribution in [2.45, 2.75) is 20.8 Å². The van der Waals surface area contributed by atoms with Crippen LogP contribution in [0, 0.1) is 13.8 Å². The Hall–Kier alpha value is -1.44. The summed E-state index contributed by atoms with van der Waals surface area (Å²) < 4.78 is 0. The van der Waals surface area contributed by atoms with Crippen molar-refractivity contribution in [1.29, 1.82) is 0 Å². The van der Waals surface area contributed by atoms with Crippen molar-refractivity contribution in [3.63, 3.8) is 0 Å². The molecule has 0 N–H and O–H groups in total. The van der Waals surface area contributed by atoms with Crippen molar-refractivity contribution in [3.8, 4) is 0 Å². The molecule has 0 saturated carbocycles. The summed E-state index contributed by atoms with van der Waals surface area (Å²) >= 11 is 0. The lowest BCUT2D eigenvalue weighted by molar-refractivity contribution is 0.100. The predicted molar refractivity (Wildman–Crippen MR) is 51.3 cm³/mol. The largest absolute Gasteiger partial charge is 0.298 e. The zero-order chi connectivity index (χ0) is 10.0. The van der Waals surface area contributed by atoms with Crippen molar-refractivity contribution < 1.29 is 9.59 Å². The Kier molecular flexibility index (Phi) is 2.61. The number of Topliss-reactive ketones (excluding diaryl/α,β-unsaturated/α-hetero) is 1. The van der Waals surface area contributed by atoms with Gasteiger partial charge in [-0.3, -0.25) is 9.59 Å². The fraction of sp³-hybridized carbons (Fsp3) is 0.273. The molecule has 0 atom stereocenters. The molecule has 0 spiro atoms. The van der Waals surface area contributed by atoms with Crippen LogP contribution in [-0.2, 0) is 0 Å². The van der Waals surface area contributed by atoms with Gasteiger partial charge in [0, 0.05) is 11.1 Å².